The largest absolute Gasteiger partial charge is 1.00 e. The second kappa shape index (κ2) is 14.6. The normalized spacial score (nSPS) is 10.6. The molecule has 0 aliphatic rings. The topological polar surface area (TPSA) is 37.6 Å². The first-order valence-corrected chi connectivity index (χ1v) is 8.38. The van der Waals surface area contributed by atoms with Gasteiger partial charge in [0.25, 0.3) is 0 Å². The van der Waals surface area contributed by atoms with E-state index in [1.807, 2.05) is 86.6 Å². The summed E-state index contributed by atoms with van der Waals surface area (Å²) in [6.45, 7) is 3.86. The van der Waals surface area contributed by atoms with Gasteiger partial charge in [-0.15, -0.1) is 0 Å². The molecule has 153 valence electrons. The maximum absolute atomic E-state index is 6.29. The van der Waals surface area contributed by atoms with Crippen molar-refractivity contribution in [1.29, 1.82) is 0 Å². The zero-order chi connectivity index (χ0) is 17.6. The van der Waals surface area contributed by atoms with Crippen LogP contribution in [0.2, 0.25) is 5.02 Å². The van der Waals surface area contributed by atoms with Crippen LogP contribution in [0.15, 0.2) is 82.8 Å². The molecule has 0 aliphatic carbocycles. The Kier molecular flexibility index (Phi) is 15.1. The molecule has 1 aromatic heterocycles. The summed E-state index contributed by atoms with van der Waals surface area (Å²) in [7, 11) is 0. The van der Waals surface area contributed by atoms with Crippen LogP contribution >= 0.6 is 11.6 Å². The van der Waals surface area contributed by atoms with E-state index in [0.29, 0.717) is 5.02 Å². The Hall–Kier alpha value is -1.33. The van der Waals surface area contributed by atoms with Crippen LogP contribution in [-0.4, -0.2) is 16.4 Å². The average molecular weight is 505 g/mol. The van der Waals surface area contributed by atoms with Crippen LogP contribution in [0, 0.1) is 0 Å². The molecule has 29 heavy (non-hydrogen) atoms. The molecule has 0 bridgehead atoms. The van der Waals surface area contributed by atoms with Crippen molar-refractivity contribution in [1.82, 2.24) is 4.98 Å². The van der Waals surface area contributed by atoms with Crippen LogP contribution in [0.1, 0.15) is 25.2 Å². The van der Waals surface area contributed by atoms with Gasteiger partial charge in [0.1, 0.15) is 0 Å². The molecule has 0 spiro atoms. The van der Waals surface area contributed by atoms with E-state index >= 15 is 0 Å². The zero-order valence-electron chi connectivity index (χ0n) is 15.7. The second-order valence-electron chi connectivity index (χ2n) is 5.62. The third-order valence-corrected chi connectivity index (χ3v) is 3.86. The van der Waals surface area contributed by atoms with Gasteiger partial charge in [-0.05, 0) is 50.2 Å². The average Bonchev–Trinajstić information content (AvgIpc) is 2.63. The van der Waals surface area contributed by atoms with Crippen LogP contribution in [0.25, 0.3) is 0 Å². The Morgan fingerprint density at radius 3 is 1.38 bits per heavy atom. The molecule has 3 aromatic rings. The van der Waals surface area contributed by atoms with Gasteiger partial charge in [0.05, 0.1) is 34.2 Å². The maximum atomic E-state index is 6.29. The maximum Gasteiger partial charge on any atom is 0.0864 e. The molecule has 0 unspecified atom stereocenters. The Bertz CT molecular complexity index is 859. The van der Waals surface area contributed by atoms with E-state index in [1.54, 1.807) is 0 Å². The number of nitrogens with zero attached hydrogens (tertiary/aromatic N) is 3. The summed E-state index contributed by atoms with van der Waals surface area (Å²) in [4.78, 5) is 13.9. The summed E-state index contributed by atoms with van der Waals surface area (Å²) >= 11 is 6.29. The summed E-state index contributed by atoms with van der Waals surface area (Å²) < 4.78 is 0. The summed E-state index contributed by atoms with van der Waals surface area (Å²) in [5.41, 5.74) is 4.88. The molecule has 0 aliphatic heterocycles. The van der Waals surface area contributed by atoms with E-state index in [1.165, 1.54) is 0 Å². The Labute approximate surface area is 207 Å². The van der Waals surface area contributed by atoms with Gasteiger partial charge >= 0.3 is 0 Å². The van der Waals surface area contributed by atoms with Crippen molar-refractivity contribution in [2.45, 2.75) is 13.8 Å². The summed E-state index contributed by atoms with van der Waals surface area (Å²) in [6.07, 6.45) is 0. The summed E-state index contributed by atoms with van der Waals surface area (Å²) in [6, 6.07) is 23.2. The SMILES string of the molecule is CC(=Nc1ccccc1)c1cc(Cl)cc(C(C)=Nc2ccccc2)n1.[Cl-].[Cl-].[Cl-].[V]. The molecule has 0 fully saturated rings. The molecule has 1 radical (unpaired) electrons. The smallest absolute Gasteiger partial charge is 0.0864 e. The molecule has 1 heterocycles. The predicted octanol–water partition coefficient (Wildman–Crippen LogP) is -2.97. The van der Waals surface area contributed by atoms with E-state index in [4.69, 9.17) is 11.6 Å². The molecule has 0 atom stereocenters. The van der Waals surface area contributed by atoms with Gasteiger partial charge in [-0.2, -0.15) is 0 Å². The Balaban J connectivity index is 0. The number of hydrogen-bond donors (Lipinski definition) is 0. The molecule has 0 amide bonds. The van der Waals surface area contributed by atoms with E-state index in [2.05, 4.69) is 15.0 Å². The minimum absolute atomic E-state index is 0. The first kappa shape index (κ1) is 29.9. The van der Waals surface area contributed by atoms with Crippen molar-refractivity contribution in [2.75, 3.05) is 0 Å². The van der Waals surface area contributed by atoms with Crippen LogP contribution in [0.4, 0.5) is 11.4 Å². The molecule has 2 aromatic carbocycles. The van der Waals surface area contributed by atoms with Gasteiger partial charge in [0.15, 0.2) is 0 Å². The number of pyridine rings is 1. The van der Waals surface area contributed by atoms with Crippen molar-refractivity contribution in [3.63, 3.8) is 0 Å². The zero-order valence-corrected chi connectivity index (χ0v) is 20.1. The fraction of sp³-hybridized carbons (Fsp3) is 0.0952. The standard InChI is InChI=1S/C21H18ClN3.3ClH.V/c1-15(23-18-9-5-3-6-10-18)20-13-17(22)14-21(25-20)16(2)24-19-11-7-4-8-12-19;;;;/h3-14H,1-2H3;3*1H;/p-3. The van der Waals surface area contributed by atoms with E-state index in [9.17, 15) is 0 Å². The number of hydrogen-bond acceptors (Lipinski definition) is 3. The minimum atomic E-state index is 0. The number of rotatable bonds is 4. The number of aromatic nitrogens is 1. The van der Waals surface area contributed by atoms with Gasteiger partial charge < -0.3 is 37.2 Å². The van der Waals surface area contributed by atoms with Crippen LogP contribution in [0.3, 0.4) is 0 Å². The van der Waals surface area contributed by atoms with Crippen molar-refractivity contribution in [3.05, 3.63) is 89.2 Å². The van der Waals surface area contributed by atoms with Crippen molar-refractivity contribution in [3.8, 4) is 0 Å². The van der Waals surface area contributed by atoms with Crippen LogP contribution in [0.5, 0.6) is 0 Å². The van der Waals surface area contributed by atoms with Gasteiger partial charge in [-0.3, -0.25) is 9.98 Å². The Morgan fingerprint density at radius 2 is 1.03 bits per heavy atom. The van der Waals surface area contributed by atoms with E-state index in [0.717, 1.165) is 34.2 Å². The fourth-order valence-electron chi connectivity index (χ4n) is 2.37. The molecular formula is C21H18Cl4N3V-3. The first-order valence-electron chi connectivity index (χ1n) is 8.01. The fourth-order valence-corrected chi connectivity index (χ4v) is 2.58. The molecule has 0 saturated carbocycles. The molecular weight excluding hydrogens is 487 g/mol. The first-order chi connectivity index (χ1) is 12.1. The number of aliphatic imine (C=N–C) groups is 2. The van der Waals surface area contributed by atoms with Crippen LogP contribution < -0.4 is 37.2 Å². The molecule has 0 saturated heterocycles. The third-order valence-electron chi connectivity index (χ3n) is 3.64. The van der Waals surface area contributed by atoms with Gasteiger partial charge in [-0.1, -0.05) is 48.0 Å². The monoisotopic (exact) mass is 503 g/mol. The van der Waals surface area contributed by atoms with Crippen molar-refractivity contribution >= 4 is 34.4 Å². The number of benzene rings is 2. The van der Waals surface area contributed by atoms with Gasteiger partial charge in [0.2, 0.25) is 0 Å². The second-order valence-corrected chi connectivity index (χ2v) is 6.06. The third kappa shape index (κ3) is 8.92. The molecule has 3 rings (SSSR count). The summed E-state index contributed by atoms with van der Waals surface area (Å²) in [5, 5.41) is 0.616. The molecule has 3 nitrogen and oxygen atoms in total. The van der Waals surface area contributed by atoms with E-state index in [-0.39, 0.29) is 55.8 Å². The summed E-state index contributed by atoms with van der Waals surface area (Å²) in [5.74, 6) is 0. The number of para-hydroxylation sites is 2. The van der Waals surface area contributed by atoms with E-state index < -0.39 is 0 Å². The number of halogens is 4. The Morgan fingerprint density at radius 1 is 0.690 bits per heavy atom. The molecule has 0 N–H and O–H groups in total. The van der Waals surface area contributed by atoms with Crippen molar-refractivity contribution in [2.24, 2.45) is 9.98 Å². The predicted molar refractivity (Wildman–Crippen MR) is 106 cm³/mol. The minimum Gasteiger partial charge on any atom is -1.00 e. The van der Waals surface area contributed by atoms with Crippen LogP contribution in [-0.2, 0) is 18.6 Å². The van der Waals surface area contributed by atoms with Gasteiger partial charge in [0, 0.05) is 23.6 Å². The quantitative estimate of drug-likeness (QED) is 0.350. The molecule has 8 heteroatoms. The van der Waals surface area contributed by atoms with Gasteiger partial charge in [-0.25, -0.2) is 4.98 Å². The van der Waals surface area contributed by atoms with Crippen molar-refractivity contribution < 1.29 is 55.8 Å².